The van der Waals surface area contributed by atoms with Crippen molar-refractivity contribution in [3.8, 4) is 0 Å². The van der Waals surface area contributed by atoms with E-state index in [0.717, 1.165) is 19.4 Å². The monoisotopic (exact) mass is 311 g/mol. The molecule has 4 heteroatoms. The van der Waals surface area contributed by atoms with Crippen molar-refractivity contribution < 1.29 is 4.39 Å². The fourth-order valence-corrected chi connectivity index (χ4v) is 3.15. The van der Waals surface area contributed by atoms with Gasteiger partial charge in [0, 0.05) is 16.6 Å². The predicted molar refractivity (Wildman–Crippen MR) is 85.2 cm³/mol. The van der Waals surface area contributed by atoms with Crippen molar-refractivity contribution >= 4 is 22.9 Å². The van der Waals surface area contributed by atoms with Gasteiger partial charge < -0.3 is 5.32 Å². The minimum Gasteiger partial charge on any atom is -0.313 e. The smallest absolute Gasteiger partial charge is 0.127 e. The standard InChI is InChI=1S/C16H19ClFNS/c1-2-7-19-13(9-12-6-8-20-11-12)10-14-15(17)4-3-5-16(14)18/h3-6,8,11,13,19H,2,7,9-10H2,1H3. The van der Waals surface area contributed by atoms with Crippen molar-refractivity contribution in [1.29, 1.82) is 0 Å². The highest BCUT2D eigenvalue weighted by atomic mass is 35.5. The fourth-order valence-electron chi connectivity index (χ4n) is 2.23. The topological polar surface area (TPSA) is 12.0 Å². The Morgan fingerprint density at radius 2 is 2.15 bits per heavy atom. The van der Waals surface area contributed by atoms with Crippen LogP contribution in [0.4, 0.5) is 4.39 Å². The first-order chi connectivity index (χ1) is 9.70. The minimum absolute atomic E-state index is 0.207. The van der Waals surface area contributed by atoms with Crippen molar-refractivity contribution in [2.24, 2.45) is 0 Å². The van der Waals surface area contributed by atoms with E-state index in [-0.39, 0.29) is 11.9 Å². The van der Waals surface area contributed by atoms with E-state index < -0.39 is 0 Å². The molecule has 20 heavy (non-hydrogen) atoms. The molecule has 0 fully saturated rings. The van der Waals surface area contributed by atoms with Crippen LogP contribution in [0.1, 0.15) is 24.5 Å². The summed E-state index contributed by atoms with van der Waals surface area (Å²) in [6.07, 6.45) is 2.57. The largest absolute Gasteiger partial charge is 0.313 e. The highest BCUT2D eigenvalue weighted by molar-refractivity contribution is 7.07. The van der Waals surface area contributed by atoms with Gasteiger partial charge in [0.05, 0.1) is 0 Å². The van der Waals surface area contributed by atoms with Gasteiger partial charge >= 0.3 is 0 Å². The molecule has 0 aliphatic carbocycles. The van der Waals surface area contributed by atoms with Gasteiger partial charge in [-0.2, -0.15) is 11.3 Å². The molecule has 1 unspecified atom stereocenters. The van der Waals surface area contributed by atoms with Gasteiger partial charge in [-0.1, -0.05) is 24.6 Å². The molecule has 0 aliphatic rings. The molecule has 0 bridgehead atoms. The van der Waals surface area contributed by atoms with Gasteiger partial charge in [-0.05, 0) is 60.3 Å². The molecule has 1 heterocycles. The molecule has 2 rings (SSSR count). The van der Waals surface area contributed by atoms with Crippen LogP contribution in [-0.2, 0) is 12.8 Å². The summed E-state index contributed by atoms with van der Waals surface area (Å²) < 4.78 is 13.9. The van der Waals surface area contributed by atoms with Crippen molar-refractivity contribution in [1.82, 2.24) is 5.32 Å². The van der Waals surface area contributed by atoms with Gasteiger partial charge in [0.2, 0.25) is 0 Å². The average molecular weight is 312 g/mol. The molecular weight excluding hydrogens is 293 g/mol. The second-order valence-corrected chi connectivity index (χ2v) is 6.08. The number of rotatable bonds is 7. The fraction of sp³-hybridized carbons (Fsp3) is 0.375. The zero-order valence-electron chi connectivity index (χ0n) is 11.5. The molecular formula is C16H19ClFNS. The maximum Gasteiger partial charge on any atom is 0.127 e. The lowest BCUT2D eigenvalue weighted by Gasteiger charge is -2.19. The summed E-state index contributed by atoms with van der Waals surface area (Å²) in [4.78, 5) is 0. The van der Waals surface area contributed by atoms with Crippen LogP contribution in [0.15, 0.2) is 35.0 Å². The quantitative estimate of drug-likeness (QED) is 0.782. The van der Waals surface area contributed by atoms with Crippen LogP contribution in [0.2, 0.25) is 5.02 Å². The van der Waals surface area contributed by atoms with Gasteiger partial charge in [0.25, 0.3) is 0 Å². The zero-order chi connectivity index (χ0) is 14.4. The van der Waals surface area contributed by atoms with Crippen LogP contribution in [0.5, 0.6) is 0 Å². The number of hydrogen-bond donors (Lipinski definition) is 1. The van der Waals surface area contributed by atoms with Crippen LogP contribution >= 0.6 is 22.9 Å². The Morgan fingerprint density at radius 3 is 2.80 bits per heavy atom. The molecule has 0 spiro atoms. The molecule has 108 valence electrons. The second-order valence-electron chi connectivity index (χ2n) is 4.89. The van der Waals surface area contributed by atoms with E-state index in [0.29, 0.717) is 17.0 Å². The summed E-state index contributed by atoms with van der Waals surface area (Å²) in [6, 6.07) is 7.20. The number of nitrogens with one attached hydrogen (secondary N) is 1. The Balaban J connectivity index is 2.10. The molecule has 0 saturated heterocycles. The van der Waals surface area contributed by atoms with Crippen molar-refractivity contribution in [2.45, 2.75) is 32.2 Å². The highest BCUT2D eigenvalue weighted by Crippen LogP contribution is 2.22. The van der Waals surface area contributed by atoms with Gasteiger partial charge in [0.1, 0.15) is 5.82 Å². The third-order valence-corrected chi connectivity index (χ3v) is 4.34. The van der Waals surface area contributed by atoms with Crippen LogP contribution in [0.25, 0.3) is 0 Å². The maximum atomic E-state index is 13.9. The molecule has 1 aromatic heterocycles. The van der Waals surface area contributed by atoms with Crippen LogP contribution in [-0.4, -0.2) is 12.6 Å². The van der Waals surface area contributed by atoms with Crippen molar-refractivity contribution in [2.75, 3.05) is 6.54 Å². The van der Waals surface area contributed by atoms with E-state index in [9.17, 15) is 4.39 Å². The molecule has 0 saturated carbocycles. The Bertz CT molecular complexity index is 507. The predicted octanol–water partition coefficient (Wildman–Crippen LogP) is 4.69. The number of thiophene rings is 1. The summed E-state index contributed by atoms with van der Waals surface area (Å²) in [5, 5.41) is 8.22. The highest BCUT2D eigenvalue weighted by Gasteiger charge is 2.15. The Hall–Kier alpha value is -0.900. The molecule has 0 amide bonds. The van der Waals surface area contributed by atoms with Gasteiger partial charge in [-0.3, -0.25) is 0 Å². The second kappa shape index (κ2) is 7.77. The average Bonchev–Trinajstić information content (AvgIpc) is 2.93. The first-order valence-corrected chi connectivity index (χ1v) is 8.20. The summed E-state index contributed by atoms with van der Waals surface area (Å²) in [5.74, 6) is -0.217. The Labute approximate surface area is 128 Å². The Morgan fingerprint density at radius 1 is 1.30 bits per heavy atom. The normalized spacial score (nSPS) is 12.6. The van der Waals surface area contributed by atoms with E-state index in [2.05, 4.69) is 29.1 Å². The molecule has 0 radical (unpaired) electrons. The lowest BCUT2D eigenvalue weighted by Crippen LogP contribution is -2.34. The zero-order valence-corrected chi connectivity index (χ0v) is 13.1. The van der Waals surface area contributed by atoms with Crippen molar-refractivity contribution in [3.63, 3.8) is 0 Å². The van der Waals surface area contributed by atoms with Crippen LogP contribution < -0.4 is 5.32 Å². The third kappa shape index (κ3) is 4.30. The summed E-state index contributed by atoms with van der Waals surface area (Å²) in [6.45, 7) is 3.06. The molecule has 1 N–H and O–H groups in total. The van der Waals surface area contributed by atoms with Gasteiger partial charge in [-0.25, -0.2) is 4.39 Å². The molecule has 1 aromatic carbocycles. The molecule has 1 atom stereocenters. The maximum absolute atomic E-state index is 13.9. The Kier molecular flexibility index (Phi) is 6.02. The molecule has 2 aromatic rings. The lowest BCUT2D eigenvalue weighted by atomic mass is 10.00. The number of benzene rings is 1. The first kappa shape index (κ1) is 15.5. The lowest BCUT2D eigenvalue weighted by molar-refractivity contribution is 0.493. The minimum atomic E-state index is -0.217. The van der Waals surface area contributed by atoms with E-state index in [4.69, 9.17) is 11.6 Å². The SMILES string of the molecule is CCCNC(Cc1ccsc1)Cc1c(F)cccc1Cl. The summed E-state index contributed by atoms with van der Waals surface area (Å²) >= 11 is 7.81. The van der Waals surface area contributed by atoms with Crippen LogP contribution in [0, 0.1) is 5.82 Å². The van der Waals surface area contributed by atoms with E-state index in [1.54, 1.807) is 23.5 Å². The van der Waals surface area contributed by atoms with E-state index in [1.807, 2.05) is 0 Å². The molecule has 0 aliphatic heterocycles. The van der Waals surface area contributed by atoms with Gasteiger partial charge in [-0.15, -0.1) is 0 Å². The number of hydrogen-bond acceptors (Lipinski definition) is 2. The summed E-state index contributed by atoms with van der Waals surface area (Å²) in [5.41, 5.74) is 1.90. The van der Waals surface area contributed by atoms with E-state index in [1.165, 1.54) is 11.6 Å². The molecule has 1 nitrogen and oxygen atoms in total. The van der Waals surface area contributed by atoms with Gasteiger partial charge in [0.15, 0.2) is 0 Å². The summed E-state index contributed by atoms with van der Waals surface area (Å²) in [7, 11) is 0. The third-order valence-electron chi connectivity index (χ3n) is 3.26. The van der Waals surface area contributed by atoms with Crippen LogP contribution in [0.3, 0.4) is 0 Å². The van der Waals surface area contributed by atoms with Crippen molar-refractivity contribution in [3.05, 3.63) is 57.0 Å². The number of halogens is 2. The van der Waals surface area contributed by atoms with E-state index >= 15 is 0 Å². The first-order valence-electron chi connectivity index (χ1n) is 6.88.